The monoisotopic (exact) mass is 571 g/mol. The number of primary amides is 1. The summed E-state index contributed by atoms with van der Waals surface area (Å²) in [6.45, 7) is 11.9. The fourth-order valence-corrected chi connectivity index (χ4v) is 5.99. The molecule has 0 radical (unpaired) electrons. The van der Waals surface area contributed by atoms with Crippen LogP contribution < -0.4 is 26.4 Å². The Balaban J connectivity index is 1.52. The first kappa shape index (κ1) is 30.3. The highest BCUT2D eigenvalue weighted by Gasteiger charge is 2.69. The zero-order chi connectivity index (χ0) is 30.3. The fraction of sp³-hybridized carbons (Fsp3) is 0.621. The van der Waals surface area contributed by atoms with Gasteiger partial charge in [-0.3, -0.25) is 24.0 Å². The molecular formula is C29H41N5O7. The lowest BCUT2D eigenvalue weighted by molar-refractivity contribution is -0.146. The number of hydrogen-bond donors (Lipinski definition) is 4. The molecule has 41 heavy (non-hydrogen) atoms. The molecule has 12 heteroatoms. The molecule has 2 heterocycles. The van der Waals surface area contributed by atoms with E-state index < -0.39 is 53.3 Å². The van der Waals surface area contributed by atoms with Crippen LogP contribution >= 0.6 is 0 Å². The number of fused-ring (bicyclic) bond motifs is 2. The average molecular weight is 572 g/mol. The normalized spacial score (nSPS) is 25.5. The van der Waals surface area contributed by atoms with E-state index in [2.05, 4.69) is 16.0 Å². The van der Waals surface area contributed by atoms with Crippen molar-refractivity contribution < 1.29 is 33.4 Å². The van der Waals surface area contributed by atoms with E-state index in [0.717, 1.165) is 0 Å². The topological polar surface area (TPSA) is 169 Å². The maximum atomic E-state index is 13.9. The lowest BCUT2D eigenvalue weighted by atomic mass is 9.85. The number of nitrogens with two attached hydrogens (primary N) is 1. The van der Waals surface area contributed by atoms with E-state index in [4.69, 9.17) is 15.2 Å². The number of hydrogen-bond acceptors (Lipinski definition) is 7. The van der Waals surface area contributed by atoms with Crippen LogP contribution in [0.25, 0.3) is 0 Å². The Morgan fingerprint density at radius 3 is 2.51 bits per heavy atom. The summed E-state index contributed by atoms with van der Waals surface area (Å²) >= 11 is 0. The maximum Gasteiger partial charge on any atom is 0.265 e. The van der Waals surface area contributed by atoms with Crippen LogP contribution in [0.2, 0.25) is 0 Å². The highest BCUT2D eigenvalue weighted by atomic mass is 16.5. The minimum Gasteiger partial charge on any atom is -0.478 e. The molecular weight excluding hydrogens is 530 g/mol. The number of carbonyl (C=O) groups excluding carboxylic acids is 5. The van der Waals surface area contributed by atoms with Crippen LogP contribution in [-0.2, 0) is 28.7 Å². The molecule has 2 fully saturated rings. The average Bonchev–Trinajstić information content (AvgIpc) is 3.22. The van der Waals surface area contributed by atoms with Crippen LogP contribution in [-0.4, -0.2) is 78.4 Å². The standard InChI is InChI=1S/C29H41N5O7/c1-7-40-14-20(35)33-23(28(2,3)4)27(39)34-13-15-21(29(15,5)6)22(34)26(38)32-17(24(30)36)12-19-25(37)31-16-10-8-9-11-18(16)41-19/h8-11,15,17,19,21-23H,7,12-14H2,1-6H3,(H2,30,36)(H,31,37)(H,32,38)(H,33,35)/t15-,17-,19-,21-,22-,23+/m0/s1. The molecule has 0 aromatic heterocycles. The van der Waals surface area contributed by atoms with Crippen molar-refractivity contribution in [3.63, 3.8) is 0 Å². The van der Waals surface area contributed by atoms with Gasteiger partial charge in [0.15, 0.2) is 6.10 Å². The van der Waals surface area contributed by atoms with Crippen molar-refractivity contribution in [3.8, 4) is 5.75 Å². The Morgan fingerprint density at radius 2 is 1.88 bits per heavy atom. The van der Waals surface area contributed by atoms with Crippen molar-refractivity contribution in [3.05, 3.63) is 24.3 Å². The highest BCUT2D eigenvalue weighted by Crippen LogP contribution is 2.65. The Bertz CT molecular complexity index is 1230. The molecule has 0 unspecified atom stereocenters. The molecule has 6 atom stereocenters. The van der Waals surface area contributed by atoms with Gasteiger partial charge in [0.05, 0.1) is 5.69 Å². The third-order valence-corrected chi connectivity index (χ3v) is 8.43. The van der Waals surface area contributed by atoms with E-state index in [1.807, 2.05) is 34.6 Å². The van der Waals surface area contributed by atoms with Crippen LogP contribution in [0.15, 0.2) is 24.3 Å². The number of benzene rings is 1. The summed E-state index contributed by atoms with van der Waals surface area (Å²) in [5.74, 6) is -2.24. The largest absolute Gasteiger partial charge is 0.478 e. The zero-order valence-electron chi connectivity index (χ0n) is 24.5. The van der Waals surface area contributed by atoms with Gasteiger partial charge in [-0.15, -0.1) is 0 Å². The Kier molecular flexibility index (Phi) is 8.35. The molecule has 1 aromatic carbocycles. The number of anilines is 1. The number of nitrogens with one attached hydrogen (secondary N) is 3. The predicted octanol–water partition coefficient (Wildman–Crippen LogP) is 0.797. The second kappa shape index (κ2) is 11.3. The minimum atomic E-state index is -1.22. The van der Waals surface area contributed by atoms with Crippen molar-refractivity contribution in [2.24, 2.45) is 28.4 Å². The molecule has 5 N–H and O–H groups in total. The van der Waals surface area contributed by atoms with Gasteiger partial charge in [-0.25, -0.2) is 0 Å². The molecule has 1 aliphatic carbocycles. The molecule has 12 nitrogen and oxygen atoms in total. The number of ether oxygens (including phenoxy) is 2. The van der Waals surface area contributed by atoms with Crippen molar-refractivity contribution in [2.45, 2.75) is 72.2 Å². The summed E-state index contributed by atoms with van der Waals surface area (Å²) < 4.78 is 11.0. The molecule has 0 spiro atoms. The number of likely N-dealkylation sites (tertiary alicyclic amines) is 1. The Morgan fingerprint density at radius 1 is 1.20 bits per heavy atom. The fourth-order valence-electron chi connectivity index (χ4n) is 5.99. The van der Waals surface area contributed by atoms with Crippen LogP contribution in [0.4, 0.5) is 5.69 Å². The van der Waals surface area contributed by atoms with E-state index >= 15 is 0 Å². The summed E-state index contributed by atoms with van der Waals surface area (Å²) in [6.07, 6.45) is -1.24. The minimum absolute atomic E-state index is 0.0814. The van der Waals surface area contributed by atoms with Gasteiger partial charge in [0.1, 0.15) is 30.5 Å². The summed E-state index contributed by atoms with van der Waals surface area (Å²) in [5.41, 5.74) is 5.32. The number of nitrogens with zero attached hydrogens (tertiary/aromatic N) is 1. The van der Waals surface area contributed by atoms with E-state index in [9.17, 15) is 24.0 Å². The van der Waals surface area contributed by atoms with E-state index in [1.54, 1.807) is 31.2 Å². The number of rotatable bonds is 10. The van der Waals surface area contributed by atoms with Gasteiger partial charge in [0, 0.05) is 19.6 Å². The molecule has 1 aromatic rings. The van der Waals surface area contributed by atoms with Crippen molar-refractivity contribution in [2.75, 3.05) is 25.1 Å². The molecule has 2 aliphatic heterocycles. The van der Waals surface area contributed by atoms with E-state index in [-0.39, 0.29) is 36.2 Å². The second-order valence-corrected chi connectivity index (χ2v) is 12.7. The first-order chi connectivity index (χ1) is 19.2. The molecule has 5 amide bonds. The number of amides is 5. The van der Waals surface area contributed by atoms with Gasteiger partial charge in [-0.05, 0) is 41.7 Å². The Labute approximate surface area is 240 Å². The van der Waals surface area contributed by atoms with Gasteiger partial charge in [0.2, 0.25) is 23.6 Å². The van der Waals surface area contributed by atoms with Crippen molar-refractivity contribution >= 4 is 35.2 Å². The predicted molar refractivity (Wildman–Crippen MR) is 149 cm³/mol. The van der Waals surface area contributed by atoms with Crippen LogP contribution in [0.5, 0.6) is 5.75 Å². The first-order valence-electron chi connectivity index (χ1n) is 14.0. The lowest BCUT2D eigenvalue weighted by Crippen LogP contribution is -2.61. The van der Waals surface area contributed by atoms with Gasteiger partial charge in [-0.1, -0.05) is 46.8 Å². The molecule has 0 bridgehead atoms. The molecule has 224 valence electrons. The summed E-state index contributed by atoms with van der Waals surface area (Å²) in [6, 6.07) is 3.90. The maximum absolute atomic E-state index is 13.9. The van der Waals surface area contributed by atoms with Gasteiger partial charge < -0.3 is 36.1 Å². The first-order valence-corrected chi connectivity index (χ1v) is 14.0. The van der Waals surface area contributed by atoms with Crippen LogP contribution in [0.3, 0.4) is 0 Å². The smallest absolute Gasteiger partial charge is 0.265 e. The van der Waals surface area contributed by atoms with Crippen LogP contribution in [0, 0.1) is 22.7 Å². The Hall–Kier alpha value is -3.67. The van der Waals surface area contributed by atoms with Crippen molar-refractivity contribution in [1.82, 2.24) is 15.5 Å². The second-order valence-electron chi connectivity index (χ2n) is 12.7. The zero-order valence-corrected chi connectivity index (χ0v) is 24.5. The van der Waals surface area contributed by atoms with Gasteiger partial charge >= 0.3 is 0 Å². The summed E-state index contributed by atoms with van der Waals surface area (Å²) in [4.78, 5) is 66.8. The van der Waals surface area contributed by atoms with Crippen molar-refractivity contribution in [1.29, 1.82) is 0 Å². The lowest BCUT2D eigenvalue weighted by Gasteiger charge is -2.38. The SMILES string of the molecule is CCOCC(=O)N[C@H](C(=O)N1C[C@H]2[C@@H]([C@H]1C(=O)N[C@@H](C[C@@H]1Oc3ccccc3NC1=O)C(N)=O)C2(C)C)C(C)(C)C. The van der Waals surface area contributed by atoms with E-state index in [1.165, 1.54) is 4.90 Å². The quantitative estimate of drug-likeness (QED) is 0.322. The van der Waals surface area contributed by atoms with E-state index in [0.29, 0.717) is 24.6 Å². The van der Waals surface area contributed by atoms with Gasteiger partial charge in [0.25, 0.3) is 5.91 Å². The molecule has 1 saturated carbocycles. The number of para-hydroxylation sites is 2. The van der Waals surface area contributed by atoms with Crippen LogP contribution in [0.1, 0.15) is 48.0 Å². The summed E-state index contributed by atoms with van der Waals surface area (Å²) in [7, 11) is 0. The molecule has 4 rings (SSSR count). The third-order valence-electron chi connectivity index (χ3n) is 8.43. The molecule has 3 aliphatic rings. The number of carbonyl (C=O) groups is 5. The third kappa shape index (κ3) is 6.17. The molecule has 1 saturated heterocycles. The highest BCUT2D eigenvalue weighted by molar-refractivity contribution is 5.99. The number of piperidine rings is 1. The van der Waals surface area contributed by atoms with Gasteiger partial charge in [-0.2, -0.15) is 0 Å². The summed E-state index contributed by atoms with van der Waals surface area (Å²) in [5, 5.41) is 8.22.